The van der Waals surface area contributed by atoms with E-state index >= 15 is 0 Å². The van der Waals surface area contributed by atoms with Gasteiger partial charge in [0.25, 0.3) is 0 Å². The average Bonchev–Trinajstić information content (AvgIpc) is 2.18. The molecule has 1 heteroatoms. The second-order valence-corrected chi connectivity index (χ2v) is 3.41. The molecule has 0 saturated carbocycles. The van der Waals surface area contributed by atoms with Crippen LogP contribution in [-0.2, 0) is 0 Å². The number of allylic oxidation sites excluding steroid dienone is 6. The Hall–Kier alpha value is -1.37. The maximum Gasteiger partial charge on any atom is 0.0699 e. The van der Waals surface area contributed by atoms with Gasteiger partial charge in [0.15, 0.2) is 0 Å². The molecule has 0 aromatic carbocycles. The standard InChI is InChI=1S/C13H17N/c1-4-5-9-12(3)14-13-10-7-6-8-11(13)2/h6-8,10H,2-5,9H2,1H3. The number of hydrogen-bond acceptors (Lipinski definition) is 1. The Balaban J connectivity index is 2.59. The zero-order valence-electron chi connectivity index (χ0n) is 8.79. The second-order valence-electron chi connectivity index (χ2n) is 3.41. The lowest BCUT2D eigenvalue weighted by molar-refractivity contribution is 0.784. The van der Waals surface area contributed by atoms with Crippen molar-refractivity contribution in [3.8, 4) is 0 Å². The third-order valence-corrected chi connectivity index (χ3v) is 2.09. The van der Waals surface area contributed by atoms with Crippen molar-refractivity contribution in [1.82, 2.24) is 0 Å². The number of hydrogen-bond donors (Lipinski definition) is 0. The lowest BCUT2D eigenvalue weighted by Crippen LogP contribution is -1.99. The molecular weight excluding hydrogens is 170 g/mol. The molecule has 0 unspecified atom stereocenters. The fourth-order valence-electron chi connectivity index (χ4n) is 1.23. The molecule has 0 spiro atoms. The van der Waals surface area contributed by atoms with Gasteiger partial charge in [-0.25, -0.2) is 0 Å². The SMILES string of the molecule is C=C(CCCC)N=C1C=CC=CC1=C. The minimum absolute atomic E-state index is 0.939. The second kappa shape index (κ2) is 5.38. The van der Waals surface area contributed by atoms with Crippen LogP contribution in [0.4, 0.5) is 0 Å². The number of unbranched alkanes of at least 4 members (excludes halogenated alkanes) is 1. The topological polar surface area (TPSA) is 12.4 Å². The zero-order valence-corrected chi connectivity index (χ0v) is 8.79. The summed E-state index contributed by atoms with van der Waals surface area (Å²) in [6, 6.07) is 0. The van der Waals surface area contributed by atoms with Crippen LogP contribution in [0.15, 0.2) is 53.7 Å². The minimum Gasteiger partial charge on any atom is -0.253 e. The van der Waals surface area contributed by atoms with E-state index in [1.54, 1.807) is 0 Å². The maximum absolute atomic E-state index is 4.44. The molecule has 1 nitrogen and oxygen atoms in total. The van der Waals surface area contributed by atoms with Crippen LogP contribution in [0.1, 0.15) is 26.2 Å². The van der Waals surface area contributed by atoms with Crippen LogP contribution in [0.5, 0.6) is 0 Å². The Labute approximate surface area is 86.2 Å². The van der Waals surface area contributed by atoms with Gasteiger partial charge in [-0.3, -0.25) is 4.99 Å². The third kappa shape index (κ3) is 3.17. The van der Waals surface area contributed by atoms with Gasteiger partial charge < -0.3 is 0 Å². The Morgan fingerprint density at radius 2 is 2.07 bits per heavy atom. The molecule has 1 aliphatic rings. The molecule has 0 amide bonds. The summed E-state index contributed by atoms with van der Waals surface area (Å²) in [6.07, 6.45) is 11.2. The van der Waals surface area contributed by atoms with Crippen LogP contribution in [0, 0.1) is 0 Å². The van der Waals surface area contributed by atoms with Gasteiger partial charge in [-0.1, -0.05) is 44.7 Å². The summed E-state index contributed by atoms with van der Waals surface area (Å²) in [5, 5.41) is 0. The van der Waals surface area contributed by atoms with E-state index in [1.165, 1.54) is 6.42 Å². The van der Waals surface area contributed by atoms with Gasteiger partial charge in [0.2, 0.25) is 0 Å². The molecule has 1 rings (SSSR count). The predicted octanol–water partition coefficient (Wildman–Crippen LogP) is 3.81. The third-order valence-electron chi connectivity index (χ3n) is 2.09. The van der Waals surface area contributed by atoms with Crippen molar-refractivity contribution in [1.29, 1.82) is 0 Å². The van der Waals surface area contributed by atoms with Crippen molar-refractivity contribution < 1.29 is 0 Å². The van der Waals surface area contributed by atoms with Gasteiger partial charge in [0.05, 0.1) is 5.71 Å². The maximum atomic E-state index is 4.44. The summed E-state index contributed by atoms with van der Waals surface area (Å²) in [4.78, 5) is 4.44. The molecule has 74 valence electrons. The van der Waals surface area contributed by atoms with E-state index < -0.39 is 0 Å². The van der Waals surface area contributed by atoms with E-state index in [1.807, 2.05) is 24.3 Å². The predicted molar refractivity (Wildman–Crippen MR) is 63.5 cm³/mol. The number of aliphatic imine (C=N–C) groups is 1. The van der Waals surface area contributed by atoms with E-state index in [0.29, 0.717) is 0 Å². The lowest BCUT2D eigenvalue weighted by atomic mass is 10.1. The number of rotatable bonds is 4. The lowest BCUT2D eigenvalue weighted by Gasteiger charge is -2.05. The normalized spacial score (nSPS) is 17.8. The summed E-state index contributed by atoms with van der Waals surface area (Å²) in [6.45, 7) is 10.0. The Bertz CT molecular complexity index is 316. The Morgan fingerprint density at radius 1 is 1.36 bits per heavy atom. The van der Waals surface area contributed by atoms with Crippen molar-refractivity contribution >= 4 is 5.71 Å². The first-order chi connectivity index (χ1) is 6.74. The van der Waals surface area contributed by atoms with Gasteiger partial charge in [-0.15, -0.1) is 0 Å². The van der Waals surface area contributed by atoms with Crippen molar-refractivity contribution in [2.45, 2.75) is 26.2 Å². The van der Waals surface area contributed by atoms with Gasteiger partial charge in [-0.05, 0) is 24.5 Å². The van der Waals surface area contributed by atoms with Crippen LogP contribution in [-0.4, -0.2) is 5.71 Å². The van der Waals surface area contributed by atoms with E-state index in [4.69, 9.17) is 0 Å². The summed E-state index contributed by atoms with van der Waals surface area (Å²) in [5.41, 5.74) is 2.85. The molecule has 0 fully saturated rings. The highest BCUT2D eigenvalue weighted by atomic mass is 14.7. The van der Waals surface area contributed by atoms with E-state index in [9.17, 15) is 0 Å². The van der Waals surface area contributed by atoms with Crippen LogP contribution in [0.2, 0.25) is 0 Å². The molecule has 0 bridgehead atoms. The Kier molecular flexibility index (Phi) is 4.11. The fraction of sp³-hybridized carbons (Fsp3) is 0.308. The molecular formula is C13H17N. The molecule has 0 aliphatic heterocycles. The molecule has 0 saturated heterocycles. The highest BCUT2D eigenvalue weighted by molar-refractivity contribution is 6.11. The molecule has 14 heavy (non-hydrogen) atoms. The van der Waals surface area contributed by atoms with Crippen LogP contribution in [0.3, 0.4) is 0 Å². The highest BCUT2D eigenvalue weighted by Gasteiger charge is 2.01. The average molecular weight is 187 g/mol. The number of nitrogens with zero attached hydrogens (tertiary/aromatic N) is 1. The van der Waals surface area contributed by atoms with Crippen molar-refractivity contribution in [3.05, 3.63) is 48.7 Å². The molecule has 0 atom stereocenters. The van der Waals surface area contributed by atoms with Crippen molar-refractivity contribution in [2.24, 2.45) is 4.99 Å². The van der Waals surface area contributed by atoms with Gasteiger partial charge in [0.1, 0.15) is 0 Å². The van der Waals surface area contributed by atoms with Crippen molar-refractivity contribution in [2.75, 3.05) is 0 Å². The molecule has 0 aromatic rings. The highest BCUT2D eigenvalue weighted by Crippen LogP contribution is 2.12. The smallest absolute Gasteiger partial charge is 0.0699 e. The molecule has 0 heterocycles. The first kappa shape index (κ1) is 10.7. The molecule has 1 aliphatic carbocycles. The molecule has 0 radical (unpaired) electrons. The van der Waals surface area contributed by atoms with Crippen LogP contribution in [0.25, 0.3) is 0 Å². The summed E-state index contributed by atoms with van der Waals surface area (Å²) in [5.74, 6) is 0. The fourth-order valence-corrected chi connectivity index (χ4v) is 1.23. The molecule has 0 aromatic heterocycles. The van der Waals surface area contributed by atoms with Gasteiger partial charge in [-0.2, -0.15) is 0 Å². The van der Waals surface area contributed by atoms with E-state index in [0.717, 1.165) is 29.8 Å². The van der Waals surface area contributed by atoms with Crippen molar-refractivity contribution in [3.63, 3.8) is 0 Å². The van der Waals surface area contributed by atoms with E-state index in [-0.39, 0.29) is 0 Å². The first-order valence-electron chi connectivity index (χ1n) is 5.04. The monoisotopic (exact) mass is 187 g/mol. The van der Waals surface area contributed by atoms with Crippen LogP contribution >= 0.6 is 0 Å². The summed E-state index contributed by atoms with van der Waals surface area (Å²) in [7, 11) is 0. The van der Waals surface area contributed by atoms with Gasteiger partial charge >= 0.3 is 0 Å². The van der Waals surface area contributed by atoms with Crippen LogP contribution < -0.4 is 0 Å². The van der Waals surface area contributed by atoms with Gasteiger partial charge in [0, 0.05) is 5.70 Å². The Morgan fingerprint density at radius 3 is 2.71 bits per heavy atom. The summed E-state index contributed by atoms with van der Waals surface area (Å²) < 4.78 is 0. The first-order valence-corrected chi connectivity index (χ1v) is 5.04. The largest absolute Gasteiger partial charge is 0.253 e. The van der Waals surface area contributed by atoms with E-state index in [2.05, 4.69) is 25.1 Å². The zero-order chi connectivity index (χ0) is 10.4. The minimum atomic E-state index is 0.939. The summed E-state index contributed by atoms with van der Waals surface area (Å²) >= 11 is 0. The quantitative estimate of drug-likeness (QED) is 0.634. The molecule has 0 N–H and O–H groups in total.